The summed E-state index contributed by atoms with van der Waals surface area (Å²) in [7, 11) is 0. The fourth-order valence-corrected chi connectivity index (χ4v) is 4.31. The van der Waals surface area contributed by atoms with E-state index in [9.17, 15) is 0 Å². The first-order valence-electron chi connectivity index (χ1n) is 9.49. The Morgan fingerprint density at radius 1 is 1.17 bits per heavy atom. The number of aryl methyl sites for hydroxylation is 1. The fraction of sp³-hybridized carbons (Fsp3) is 0.700. The first-order valence-corrected chi connectivity index (χ1v) is 9.49. The van der Waals surface area contributed by atoms with Gasteiger partial charge in [-0.25, -0.2) is 0 Å². The van der Waals surface area contributed by atoms with Crippen LogP contribution < -0.4 is 9.47 Å². The number of benzene rings is 1. The van der Waals surface area contributed by atoms with Crippen LogP contribution in [0.2, 0.25) is 0 Å². The molecular weight excluding hydrogens is 286 g/mol. The lowest BCUT2D eigenvalue weighted by Crippen LogP contribution is -2.45. The standard InChI is InChI=1S/C20H27NO2/c1-2-17(3-1)21-11-10-20(14-21)9-8-16-12-18(6-7-19(16)23-20)22-13-15-4-5-15/h6-7,12,15,17H,1-5,8-11,13-14H2. The second-order valence-corrected chi connectivity index (χ2v) is 8.11. The third kappa shape index (κ3) is 2.73. The first-order chi connectivity index (χ1) is 11.3. The van der Waals surface area contributed by atoms with Gasteiger partial charge in [0.05, 0.1) is 6.61 Å². The van der Waals surface area contributed by atoms with Gasteiger partial charge in [-0.15, -0.1) is 0 Å². The number of nitrogens with zero attached hydrogens (tertiary/aromatic N) is 1. The van der Waals surface area contributed by atoms with Gasteiger partial charge < -0.3 is 9.47 Å². The van der Waals surface area contributed by atoms with Crippen molar-refractivity contribution in [3.8, 4) is 11.5 Å². The fourth-order valence-electron chi connectivity index (χ4n) is 4.31. The van der Waals surface area contributed by atoms with Gasteiger partial charge in [0.25, 0.3) is 0 Å². The molecule has 1 atom stereocenters. The molecule has 2 aliphatic heterocycles. The molecule has 1 saturated heterocycles. The third-order valence-electron chi connectivity index (χ3n) is 6.33. The molecule has 3 fully saturated rings. The summed E-state index contributed by atoms with van der Waals surface area (Å²) in [5, 5.41) is 0. The van der Waals surface area contributed by atoms with E-state index in [2.05, 4.69) is 23.1 Å². The molecule has 4 aliphatic rings. The highest BCUT2D eigenvalue weighted by Crippen LogP contribution is 2.42. The molecule has 0 amide bonds. The van der Waals surface area contributed by atoms with Gasteiger partial charge in [0, 0.05) is 25.6 Å². The van der Waals surface area contributed by atoms with Gasteiger partial charge in [0.15, 0.2) is 0 Å². The average molecular weight is 313 g/mol. The molecule has 0 N–H and O–H groups in total. The lowest BCUT2D eigenvalue weighted by molar-refractivity contribution is 0.0412. The molecule has 2 aliphatic carbocycles. The minimum atomic E-state index is 0.0823. The SMILES string of the molecule is c1cc2c(cc1OCC1CC1)CCC1(CCN(C3CCC3)C1)O2. The van der Waals surface area contributed by atoms with Crippen LogP contribution in [-0.4, -0.2) is 36.2 Å². The Hall–Kier alpha value is -1.22. The monoisotopic (exact) mass is 313 g/mol. The molecule has 2 heterocycles. The number of rotatable bonds is 4. The van der Waals surface area contributed by atoms with Gasteiger partial charge >= 0.3 is 0 Å². The van der Waals surface area contributed by atoms with E-state index >= 15 is 0 Å². The van der Waals surface area contributed by atoms with E-state index in [-0.39, 0.29) is 5.60 Å². The summed E-state index contributed by atoms with van der Waals surface area (Å²) in [4.78, 5) is 2.68. The van der Waals surface area contributed by atoms with Crippen LogP contribution in [-0.2, 0) is 6.42 Å². The average Bonchev–Trinajstić information content (AvgIpc) is 3.26. The molecule has 1 unspecified atom stereocenters. The summed E-state index contributed by atoms with van der Waals surface area (Å²) in [6, 6.07) is 7.30. The van der Waals surface area contributed by atoms with Crippen LogP contribution in [0, 0.1) is 5.92 Å². The van der Waals surface area contributed by atoms with E-state index in [1.165, 1.54) is 50.6 Å². The summed E-state index contributed by atoms with van der Waals surface area (Å²) in [6.07, 6.45) is 10.4. The van der Waals surface area contributed by atoms with Crippen LogP contribution in [0.4, 0.5) is 0 Å². The van der Waals surface area contributed by atoms with Gasteiger partial charge in [-0.3, -0.25) is 4.90 Å². The predicted octanol–water partition coefficient (Wildman–Crippen LogP) is 3.80. The lowest BCUT2D eigenvalue weighted by Gasteiger charge is -2.39. The summed E-state index contributed by atoms with van der Waals surface area (Å²) < 4.78 is 12.4. The molecule has 5 rings (SSSR count). The highest BCUT2D eigenvalue weighted by atomic mass is 16.5. The highest BCUT2D eigenvalue weighted by Gasteiger charge is 2.45. The van der Waals surface area contributed by atoms with Crippen molar-refractivity contribution in [3.63, 3.8) is 0 Å². The topological polar surface area (TPSA) is 21.7 Å². The van der Waals surface area contributed by atoms with Crippen molar-refractivity contribution in [2.24, 2.45) is 5.92 Å². The Labute approximate surface area is 139 Å². The Kier molecular flexibility index (Phi) is 3.33. The molecule has 1 aromatic carbocycles. The Balaban J connectivity index is 1.27. The number of likely N-dealkylation sites (tertiary alicyclic amines) is 1. The van der Waals surface area contributed by atoms with Crippen molar-refractivity contribution in [2.75, 3.05) is 19.7 Å². The van der Waals surface area contributed by atoms with Gasteiger partial charge in [0.2, 0.25) is 0 Å². The van der Waals surface area contributed by atoms with Crippen LogP contribution in [0.5, 0.6) is 11.5 Å². The number of hydrogen-bond acceptors (Lipinski definition) is 3. The molecular formula is C20H27NO2. The van der Waals surface area contributed by atoms with Crippen LogP contribution in [0.3, 0.4) is 0 Å². The van der Waals surface area contributed by atoms with Crippen molar-refractivity contribution in [2.45, 2.75) is 63.0 Å². The van der Waals surface area contributed by atoms with Crippen LogP contribution >= 0.6 is 0 Å². The van der Waals surface area contributed by atoms with E-state index in [1.807, 2.05) is 0 Å². The lowest BCUT2D eigenvalue weighted by atomic mass is 9.89. The van der Waals surface area contributed by atoms with Crippen LogP contribution in [0.15, 0.2) is 18.2 Å². The quantitative estimate of drug-likeness (QED) is 0.844. The largest absolute Gasteiger partial charge is 0.493 e. The molecule has 0 radical (unpaired) electrons. The van der Waals surface area contributed by atoms with Crippen molar-refractivity contribution in [3.05, 3.63) is 23.8 Å². The summed E-state index contributed by atoms with van der Waals surface area (Å²) in [5.74, 6) is 2.93. The Morgan fingerprint density at radius 2 is 2.09 bits per heavy atom. The molecule has 0 aromatic heterocycles. The normalized spacial score (nSPS) is 30.8. The summed E-state index contributed by atoms with van der Waals surface area (Å²) in [6.45, 7) is 3.25. The molecule has 2 saturated carbocycles. The minimum absolute atomic E-state index is 0.0823. The van der Waals surface area contributed by atoms with Gasteiger partial charge in [-0.2, -0.15) is 0 Å². The van der Waals surface area contributed by atoms with Crippen molar-refractivity contribution >= 4 is 0 Å². The van der Waals surface area contributed by atoms with Gasteiger partial charge in [-0.05, 0) is 68.2 Å². The summed E-state index contributed by atoms with van der Waals surface area (Å²) >= 11 is 0. The zero-order valence-electron chi connectivity index (χ0n) is 13.9. The van der Waals surface area contributed by atoms with E-state index in [0.29, 0.717) is 0 Å². The van der Waals surface area contributed by atoms with E-state index < -0.39 is 0 Å². The zero-order valence-corrected chi connectivity index (χ0v) is 13.9. The molecule has 3 heteroatoms. The second kappa shape index (κ2) is 5.41. The maximum Gasteiger partial charge on any atom is 0.123 e. The van der Waals surface area contributed by atoms with E-state index in [4.69, 9.17) is 9.47 Å². The van der Waals surface area contributed by atoms with Crippen molar-refractivity contribution < 1.29 is 9.47 Å². The smallest absolute Gasteiger partial charge is 0.123 e. The second-order valence-electron chi connectivity index (χ2n) is 8.11. The van der Waals surface area contributed by atoms with Gasteiger partial charge in [0.1, 0.15) is 17.1 Å². The maximum absolute atomic E-state index is 6.53. The molecule has 0 bridgehead atoms. The summed E-state index contributed by atoms with van der Waals surface area (Å²) in [5.41, 5.74) is 1.42. The van der Waals surface area contributed by atoms with Crippen LogP contribution in [0.25, 0.3) is 0 Å². The first kappa shape index (κ1) is 14.2. The molecule has 1 aromatic rings. The molecule has 1 spiro atoms. The highest BCUT2D eigenvalue weighted by molar-refractivity contribution is 5.42. The Morgan fingerprint density at radius 3 is 2.87 bits per heavy atom. The molecule has 23 heavy (non-hydrogen) atoms. The van der Waals surface area contributed by atoms with Crippen molar-refractivity contribution in [1.29, 1.82) is 0 Å². The maximum atomic E-state index is 6.53. The number of ether oxygens (including phenoxy) is 2. The number of hydrogen-bond donors (Lipinski definition) is 0. The van der Waals surface area contributed by atoms with Crippen molar-refractivity contribution in [1.82, 2.24) is 4.90 Å². The third-order valence-corrected chi connectivity index (χ3v) is 6.33. The Bertz CT molecular complexity index is 593. The molecule has 3 nitrogen and oxygen atoms in total. The van der Waals surface area contributed by atoms with E-state index in [0.717, 1.165) is 49.5 Å². The number of fused-ring (bicyclic) bond motifs is 1. The van der Waals surface area contributed by atoms with Gasteiger partial charge in [-0.1, -0.05) is 6.42 Å². The molecule has 124 valence electrons. The van der Waals surface area contributed by atoms with Crippen LogP contribution in [0.1, 0.15) is 50.5 Å². The zero-order chi connectivity index (χ0) is 15.3. The van der Waals surface area contributed by atoms with E-state index in [1.54, 1.807) is 0 Å². The minimum Gasteiger partial charge on any atom is -0.493 e. The predicted molar refractivity (Wildman–Crippen MR) is 90.2 cm³/mol.